The number of imidazole rings is 1. The number of hydrogen-bond donors (Lipinski definition) is 2. The quantitative estimate of drug-likeness (QED) is 0.871. The second kappa shape index (κ2) is 6.81. The molecule has 1 aromatic rings. The molecule has 0 aliphatic heterocycles. The van der Waals surface area contributed by atoms with Crippen molar-refractivity contribution in [2.75, 3.05) is 6.54 Å². The predicted molar refractivity (Wildman–Crippen MR) is 81.7 cm³/mol. The highest BCUT2D eigenvalue weighted by Gasteiger charge is 2.57. The van der Waals surface area contributed by atoms with Gasteiger partial charge >= 0.3 is 6.18 Å². The van der Waals surface area contributed by atoms with Crippen molar-refractivity contribution in [3.8, 4) is 0 Å². The van der Waals surface area contributed by atoms with Gasteiger partial charge in [-0.1, -0.05) is 26.7 Å². The third-order valence-corrected chi connectivity index (χ3v) is 5.26. The molecule has 0 unspecified atom stereocenters. The van der Waals surface area contributed by atoms with E-state index in [1.807, 2.05) is 0 Å². The summed E-state index contributed by atoms with van der Waals surface area (Å²) < 4.78 is 41.5. The van der Waals surface area contributed by atoms with Crippen molar-refractivity contribution in [2.24, 2.45) is 18.9 Å². The van der Waals surface area contributed by atoms with Crippen LogP contribution in [-0.2, 0) is 12.6 Å². The van der Waals surface area contributed by atoms with Crippen molar-refractivity contribution < 1.29 is 18.3 Å². The van der Waals surface area contributed by atoms with Gasteiger partial charge in [0.25, 0.3) is 0 Å². The minimum atomic E-state index is -4.76. The fourth-order valence-electron chi connectivity index (χ4n) is 3.45. The lowest BCUT2D eigenvalue weighted by Gasteiger charge is -2.36. The van der Waals surface area contributed by atoms with Crippen LogP contribution in [-0.4, -0.2) is 33.4 Å². The molecule has 7 heteroatoms. The Labute approximate surface area is 135 Å². The molecule has 0 amide bonds. The summed E-state index contributed by atoms with van der Waals surface area (Å²) in [5.74, 6) is 0.630. The monoisotopic (exact) mass is 333 g/mol. The van der Waals surface area contributed by atoms with E-state index in [-0.39, 0.29) is 18.4 Å². The van der Waals surface area contributed by atoms with Crippen LogP contribution >= 0.6 is 0 Å². The van der Waals surface area contributed by atoms with Crippen molar-refractivity contribution in [3.63, 3.8) is 0 Å². The second-order valence-electron chi connectivity index (χ2n) is 6.80. The van der Waals surface area contributed by atoms with E-state index in [9.17, 15) is 18.3 Å². The molecule has 0 bridgehead atoms. The molecule has 4 nitrogen and oxygen atoms in total. The molecule has 2 N–H and O–H groups in total. The molecule has 0 saturated heterocycles. The minimum Gasteiger partial charge on any atom is -0.374 e. The van der Waals surface area contributed by atoms with E-state index < -0.39 is 18.2 Å². The Morgan fingerprint density at radius 1 is 1.35 bits per heavy atom. The molecule has 1 saturated carbocycles. The highest BCUT2D eigenvalue weighted by Crippen LogP contribution is 2.40. The number of aryl methyl sites for hydroxylation is 1. The van der Waals surface area contributed by atoms with Gasteiger partial charge in [0.2, 0.25) is 5.60 Å². The average molecular weight is 333 g/mol. The zero-order valence-corrected chi connectivity index (χ0v) is 13.9. The van der Waals surface area contributed by atoms with E-state index in [2.05, 4.69) is 24.1 Å². The Kier molecular flexibility index (Phi) is 5.41. The van der Waals surface area contributed by atoms with Crippen molar-refractivity contribution in [1.29, 1.82) is 0 Å². The normalized spacial score (nSPS) is 28.6. The van der Waals surface area contributed by atoms with Gasteiger partial charge in [-0.15, -0.1) is 0 Å². The molecule has 0 radical (unpaired) electrons. The highest BCUT2D eigenvalue weighted by molar-refractivity contribution is 5.08. The summed E-state index contributed by atoms with van der Waals surface area (Å²) in [5.41, 5.74) is -2.93. The largest absolute Gasteiger partial charge is 0.424 e. The van der Waals surface area contributed by atoms with E-state index in [1.165, 1.54) is 30.4 Å². The minimum absolute atomic E-state index is 0.102. The molecular weight excluding hydrogens is 307 g/mol. The fraction of sp³-hybridized carbons (Fsp3) is 0.812. The summed E-state index contributed by atoms with van der Waals surface area (Å²) >= 11 is 0. The number of aliphatic hydroxyl groups is 1. The molecule has 1 aliphatic rings. The van der Waals surface area contributed by atoms with Crippen LogP contribution in [0.5, 0.6) is 0 Å². The number of halogens is 3. The summed E-state index contributed by atoms with van der Waals surface area (Å²) in [7, 11) is 1.46. The number of aromatic nitrogens is 2. The van der Waals surface area contributed by atoms with Gasteiger partial charge in [-0.25, -0.2) is 4.98 Å². The zero-order chi connectivity index (χ0) is 17.3. The second-order valence-corrected chi connectivity index (χ2v) is 6.80. The SMILES string of the molecule is C[C@H]1[C@H](C)CCC[C@@H]1NCC[C@](O)(c1nccn1C)C(F)(F)F. The first-order valence-corrected chi connectivity index (χ1v) is 8.17. The van der Waals surface area contributed by atoms with Crippen LogP contribution in [0.3, 0.4) is 0 Å². The molecule has 1 fully saturated rings. The van der Waals surface area contributed by atoms with E-state index in [4.69, 9.17) is 0 Å². The third-order valence-electron chi connectivity index (χ3n) is 5.26. The van der Waals surface area contributed by atoms with E-state index in [0.29, 0.717) is 11.8 Å². The number of rotatable bonds is 5. The molecule has 4 atom stereocenters. The van der Waals surface area contributed by atoms with E-state index in [0.717, 1.165) is 12.8 Å². The first kappa shape index (κ1) is 18.3. The molecule has 2 rings (SSSR count). The molecule has 132 valence electrons. The molecule has 0 aromatic carbocycles. The van der Waals surface area contributed by atoms with Crippen molar-refractivity contribution >= 4 is 0 Å². The van der Waals surface area contributed by atoms with Gasteiger partial charge in [0.15, 0.2) is 0 Å². The lowest BCUT2D eigenvalue weighted by atomic mass is 9.78. The first-order chi connectivity index (χ1) is 10.7. The van der Waals surface area contributed by atoms with Crippen molar-refractivity contribution in [1.82, 2.24) is 14.9 Å². The summed E-state index contributed by atoms with van der Waals surface area (Å²) in [6.45, 7) is 4.42. The first-order valence-electron chi connectivity index (χ1n) is 8.17. The van der Waals surface area contributed by atoms with Crippen LogP contribution in [0.15, 0.2) is 12.4 Å². The average Bonchev–Trinajstić information content (AvgIpc) is 2.88. The van der Waals surface area contributed by atoms with Crippen molar-refractivity contribution in [3.05, 3.63) is 18.2 Å². The van der Waals surface area contributed by atoms with Crippen LogP contribution in [0.25, 0.3) is 0 Å². The summed E-state index contributed by atoms with van der Waals surface area (Å²) in [6.07, 6.45) is 0.691. The molecule has 23 heavy (non-hydrogen) atoms. The Morgan fingerprint density at radius 2 is 2.04 bits per heavy atom. The zero-order valence-electron chi connectivity index (χ0n) is 13.9. The molecule has 1 aliphatic carbocycles. The Hall–Kier alpha value is -1.08. The van der Waals surface area contributed by atoms with E-state index in [1.54, 1.807) is 0 Å². The van der Waals surface area contributed by atoms with Crippen LogP contribution in [0.2, 0.25) is 0 Å². The van der Waals surface area contributed by atoms with Gasteiger partial charge < -0.3 is 15.0 Å². The Morgan fingerprint density at radius 3 is 2.61 bits per heavy atom. The van der Waals surface area contributed by atoms with Gasteiger partial charge in [0.1, 0.15) is 5.82 Å². The van der Waals surface area contributed by atoms with Gasteiger partial charge in [0, 0.05) is 31.9 Å². The fourth-order valence-corrected chi connectivity index (χ4v) is 3.45. The van der Waals surface area contributed by atoms with Crippen molar-refractivity contribution in [2.45, 2.75) is 57.3 Å². The Bertz CT molecular complexity index is 517. The molecule has 0 spiro atoms. The standard InChI is InChI=1S/C16H26F3N3O/c1-11-5-4-6-13(12(11)2)20-8-7-15(23,16(17,18)19)14-21-9-10-22(14)3/h9-13,20,23H,4-8H2,1-3H3/t11-,12+,13+,15+/m1/s1. The van der Waals surface area contributed by atoms with Gasteiger partial charge in [-0.05, 0) is 24.8 Å². The number of hydrogen-bond acceptors (Lipinski definition) is 3. The molecule has 1 aromatic heterocycles. The van der Waals surface area contributed by atoms with E-state index >= 15 is 0 Å². The lowest BCUT2D eigenvalue weighted by Crippen LogP contribution is -2.48. The maximum atomic E-state index is 13.4. The van der Waals surface area contributed by atoms with Gasteiger partial charge in [0.05, 0.1) is 0 Å². The summed E-state index contributed by atoms with van der Waals surface area (Å²) in [6, 6.07) is 0.206. The number of alkyl halides is 3. The maximum absolute atomic E-state index is 13.4. The Balaban J connectivity index is 2.04. The molecular formula is C16H26F3N3O. The summed E-state index contributed by atoms with van der Waals surface area (Å²) in [4.78, 5) is 3.71. The topological polar surface area (TPSA) is 50.1 Å². The third kappa shape index (κ3) is 3.71. The number of nitrogens with one attached hydrogen (secondary N) is 1. The van der Waals surface area contributed by atoms with Gasteiger partial charge in [-0.3, -0.25) is 0 Å². The van der Waals surface area contributed by atoms with Crippen LogP contribution < -0.4 is 5.32 Å². The van der Waals surface area contributed by atoms with Gasteiger partial charge in [-0.2, -0.15) is 13.2 Å². The van der Waals surface area contributed by atoms with Crippen LogP contribution in [0, 0.1) is 11.8 Å². The lowest BCUT2D eigenvalue weighted by molar-refractivity contribution is -0.272. The number of nitrogens with zero attached hydrogens (tertiary/aromatic N) is 2. The predicted octanol–water partition coefficient (Wildman–Crippen LogP) is 2.97. The van der Waals surface area contributed by atoms with Crippen LogP contribution in [0.1, 0.15) is 45.4 Å². The summed E-state index contributed by atoms with van der Waals surface area (Å²) in [5, 5.41) is 13.5. The van der Waals surface area contributed by atoms with Crippen LogP contribution in [0.4, 0.5) is 13.2 Å². The molecule has 1 heterocycles. The highest BCUT2D eigenvalue weighted by atomic mass is 19.4. The smallest absolute Gasteiger partial charge is 0.374 e. The maximum Gasteiger partial charge on any atom is 0.424 e.